The molecule has 0 spiro atoms. The fourth-order valence-electron chi connectivity index (χ4n) is 3.69. The molecule has 3 heterocycles. The number of rotatable bonds is 7. The molecule has 10 nitrogen and oxygen atoms in total. The Bertz CT molecular complexity index is 1090. The summed E-state index contributed by atoms with van der Waals surface area (Å²) < 4.78 is 24.8. The summed E-state index contributed by atoms with van der Waals surface area (Å²) in [5.41, 5.74) is 1.43. The smallest absolute Gasteiger partial charge is 0.405 e. The number of benzene rings is 1. The Morgan fingerprint density at radius 3 is 2.69 bits per heavy atom. The monoisotopic (exact) mass is 465 g/mol. The van der Waals surface area contributed by atoms with Crippen molar-refractivity contribution in [2.75, 3.05) is 25.1 Å². The summed E-state index contributed by atoms with van der Waals surface area (Å²) in [4.78, 5) is 6.18. The number of methoxy groups -OCH3 is 1. The second kappa shape index (κ2) is 8.96. The van der Waals surface area contributed by atoms with E-state index in [1.165, 1.54) is 19.2 Å². The van der Waals surface area contributed by atoms with Gasteiger partial charge in [0.25, 0.3) is 0 Å². The van der Waals surface area contributed by atoms with Crippen molar-refractivity contribution < 1.29 is 29.2 Å². The van der Waals surface area contributed by atoms with Crippen LogP contribution >= 0.6 is 11.6 Å². The molecule has 1 aliphatic heterocycles. The maximum atomic E-state index is 13.4. The third kappa shape index (κ3) is 4.81. The number of anilines is 1. The van der Waals surface area contributed by atoms with Crippen LogP contribution in [0.25, 0.3) is 5.69 Å². The van der Waals surface area contributed by atoms with Gasteiger partial charge >= 0.3 is 6.16 Å². The van der Waals surface area contributed by atoms with E-state index in [9.17, 15) is 4.39 Å². The van der Waals surface area contributed by atoms with E-state index in [-0.39, 0.29) is 11.7 Å². The average molecular weight is 466 g/mol. The van der Waals surface area contributed by atoms with E-state index in [0.717, 1.165) is 12.0 Å². The maximum absolute atomic E-state index is 13.4. The molecule has 1 aliphatic rings. The fourth-order valence-corrected chi connectivity index (χ4v) is 4.01. The minimum Gasteiger partial charge on any atom is -0.481 e. The molecule has 0 aliphatic carbocycles. The highest BCUT2D eigenvalue weighted by molar-refractivity contribution is 6.31. The molecule has 4 rings (SSSR count). The quantitative estimate of drug-likeness (QED) is 0.445. The molecule has 0 radical (unpaired) electrons. The lowest BCUT2D eigenvalue weighted by molar-refractivity contribution is -0.459. The van der Waals surface area contributed by atoms with E-state index in [0.29, 0.717) is 35.6 Å². The highest BCUT2D eigenvalue weighted by Gasteiger charge is 2.31. The summed E-state index contributed by atoms with van der Waals surface area (Å²) in [6.45, 7) is 0.742. The number of aromatic nitrogens is 4. The van der Waals surface area contributed by atoms with E-state index in [1.807, 2.05) is 4.90 Å². The van der Waals surface area contributed by atoms with Crippen molar-refractivity contribution >= 4 is 17.5 Å². The van der Waals surface area contributed by atoms with E-state index < -0.39 is 18.6 Å². The van der Waals surface area contributed by atoms with Crippen LogP contribution in [0.2, 0.25) is 5.02 Å². The second-order valence-corrected chi connectivity index (χ2v) is 7.68. The van der Waals surface area contributed by atoms with Crippen LogP contribution in [0.1, 0.15) is 23.7 Å². The van der Waals surface area contributed by atoms with Gasteiger partial charge in [0.1, 0.15) is 12.4 Å². The van der Waals surface area contributed by atoms with Gasteiger partial charge in [0, 0.05) is 30.1 Å². The van der Waals surface area contributed by atoms with Crippen LogP contribution in [0.4, 0.5) is 10.3 Å². The van der Waals surface area contributed by atoms with Crippen LogP contribution in [0.3, 0.4) is 0 Å². The summed E-state index contributed by atoms with van der Waals surface area (Å²) in [5.74, 6) is 0.751. The van der Waals surface area contributed by atoms with E-state index >= 15 is 0 Å². The van der Waals surface area contributed by atoms with E-state index in [2.05, 4.69) is 19.9 Å². The van der Waals surface area contributed by atoms with Crippen molar-refractivity contribution in [1.29, 1.82) is 0 Å². The van der Waals surface area contributed by atoms with Crippen LogP contribution in [0.5, 0.6) is 5.88 Å². The normalized spacial score (nSPS) is 16.6. The third-order valence-corrected chi connectivity index (χ3v) is 5.50. The van der Waals surface area contributed by atoms with Crippen molar-refractivity contribution in [3.8, 4) is 11.6 Å². The lowest BCUT2D eigenvalue weighted by atomic mass is 9.98. The zero-order valence-corrected chi connectivity index (χ0v) is 17.8. The van der Waals surface area contributed by atoms with E-state index in [4.69, 9.17) is 31.7 Å². The van der Waals surface area contributed by atoms with Crippen LogP contribution in [0.15, 0.2) is 36.5 Å². The van der Waals surface area contributed by atoms with Gasteiger partial charge in [-0.1, -0.05) is 17.7 Å². The van der Waals surface area contributed by atoms with Crippen molar-refractivity contribution in [1.82, 2.24) is 19.7 Å². The molecule has 1 fully saturated rings. The highest BCUT2D eigenvalue weighted by atomic mass is 35.5. The van der Waals surface area contributed by atoms with Crippen molar-refractivity contribution in [2.24, 2.45) is 0 Å². The molecule has 3 aromatic rings. The molecule has 1 unspecified atom stereocenters. The van der Waals surface area contributed by atoms with Gasteiger partial charge in [0.15, 0.2) is 5.82 Å². The van der Waals surface area contributed by atoms with Gasteiger partial charge < -0.3 is 25.0 Å². The Labute approximate surface area is 187 Å². The summed E-state index contributed by atoms with van der Waals surface area (Å²) in [6, 6.07) is 7.76. The Morgan fingerprint density at radius 1 is 1.22 bits per heavy atom. The Morgan fingerprint density at radius 2 is 2.03 bits per heavy atom. The number of pyridine rings is 1. The average Bonchev–Trinajstić information content (AvgIpc) is 3.39. The summed E-state index contributed by atoms with van der Waals surface area (Å²) >= 11 is 6.25. The van der Waals surface area contributed by atoms with Gasteiger partial charge in [0.05, 0.1) is 19.0 Å². The molecule has 0 bridgehead atoms. The molecule has 1 aromatic carbocycles. The summed E-state index contributed by atoms with van der Waals surface area (Å²) in [6.07, 6.45) is -1.01. The number of ether oxygens (including phenoxy) is 2. The molecular formula is C20H21ClFN5O5. The zero-order valence-electron chi connectivity index (χ0n) is 17.0. The molecule has 12 heteroatoms. The Kier molecular flexibility index (Phi) is 6.26. The maximum Gasteiger partial charge on any atom is 0.405 e. The largest absolute Gasteiger partial charge is 0.481 e. The van der Waals surface area contributed by atoms with Gasteiger partial charge in [-0.25, -0.2) is 9.37 Å². The molecule has 3 N–H and O–H groups in total. The predicted octanol–water partition coefficient (Wildman–Crippen LogP) is 1.56. The highest BCUT2D eigenvalue weighted by Crippen LogP contribution is 2.35. The Hall–Kier alpha value is -2.83. The predicted molar refractivity (Wildman–Crippen MR) is 111 cm³/mol. The first kappa shape index (κ1) is 22.4. The minimum absolute atomic E-state index is 0.0573. The minimum atomic E-state index is -3.31. The number of halogens is 2. The molecular weight excluding hydrogens is 445 g/mol. The summed E-state index contributed by atoms with van der Waals surface area (Å²) in [7, 11) is 1.50. The van der Waals surface area contributed by atoms with E-state index in [1.54, 1.807) is 29.0 Å². The lowest BCUT2D eigenvalue weighted by Gasteiger charge is -2.20. The molecule has 2 aromatic heterocycles. The molecule has 0 saturated carbocycles. The van der Waals surface area contributed by atoms with Gasteiger partial charge in [-0.2, -0.15) is 0 Å². The molecule has 0 amide bonds. The van der Waals surface area contributed by atoms with Crippen molar-refractivity contribution in [3.05, 3.63) is 58.8 Å². The first-order valence-electron chi connectivity index (χ1n) is 9.71. The number of nitrogens with zero attached hydrogens (tertiary/aromatic N) is 5. The van der Waals surface area contributed by atoms with Crippen molar-refractivity contribution in [2.45, 2.75) is 25.1 Å². The first-order chi connectivity index (χ1) is 15.2. The molecule has 1 atom stereocenters. The van der Waals surface area contributed by atoms with Crippen LogP contribution in [-0.2, 0) is 11.3 Å². The third-order valence-electron chi connectivity index (χ3n) is 5.17. The van der Waals surface area contributed by atoms with Crippen LogP contribution in [0, 0.1) is 5.82 Å². The topological polar surface area (TPSA) is 126 Å². The van der Waals surface area contributed by atoms with Gasteiger partial charge in [0.2, 0.25) is 11.8 Å². The SMILES string of the molecule is COc1ccc(-n2c(COC(O)(O)O)nnc2N2CCC(c3ccc(F)cc3Cl)C2)cn1. The number of hydrogen-bond donors (Lipinski definition) is 3. The fraction of sp³-hybridized carbons (Fsp3) is 0.350. The molecule has 32 heavy (non-hydrogen) atoms. The second-order valence-electron chi connectivity index (χ2n) is 7.27. The van der Waals surface area contributed by atoms with Gasteiger partial charge in [-0.05, 0) is 30.2 Å². The van der Waals surface area contributed by atoms with Gasteiger partial charge in [-0.15, -0.1) is 10.2 Å². The van der Waals surface area contributed by atoms with Gasteiger partial charge in [-0.3, -0.25) is 9.30 Å². The number of aliphatic hydroxyl groups is 3. The Balaban J connectivity index is 1.65. The zero-order chi connectivity index (χ0) is 22.9. The number of hydrogen-bond acceptors (Lipinski definition) is 9. The van der Waals surface area contributed by atoms with Crippen LogP contribution in [-0.4, -0.2) is 61.4 Å². The standard InChI is InChI=1S/C20H21ClFN5O5/c1-31-18-5-3-14(9-23-18)27-17(11-32-20(28,29)30)24-25-19(27)26-7-6-12(10-26)15-4-2-13(22)8-16(15)21/h2-5,8-9,12,28-30H,6-7,10-11H2,1H3. The first-order valence-corrected chi connectivity index (χ1v) is 10.1. The summed E-state index contributed by atoms with van der Waals surface area (Å²) in [5, 5.41) is 36.0. The van der Waals surface area contributed by atoms with Crippen LogP contribution < -0.4 is 9.64 Å². The van der Waals surface area contributed by atoms with Crippen molar-refractivity contribution in [3.63, 3.8) is 0 Å². The lowest BCUT2D eigenvalue weighted by Crippen LogP contribution is -2.31. The molecule has 1 saturated heterocycles. The molecule has 170 valence electrons.